The van der Waals surface area contributed by atoms with Gasteiger partial charge in [-0.3, -0.25) is 14.0 Å². The number of aryl methyl sites for hydroxylation is 2. The SMILES string of the molecule is CC(C)Oc1ccc(CNC(=O)c2cnc3sc4c(n3c2=O)CCC4)cc1. The molecule has 0 aliphatic heterocycles. The summed E-state index contributed by atoms with van der Waals surface area (Å²) in [7, 11) is 0. The number of carbonyl (C=O) groups is 1. The molecule has 4 rings (SSSR count). The predicted octanol–water partition coefficient (Wildman–Crippen LogP) is 2.96. The van der Waals surface area contributed by atoms with Crippen molar-refractivity contribution in [2.24, 2.45) is 0 Å². The first-order valence-corrected chi connectivity index (χ1v) is 9.90. The standard InChI is InChI=1S/C20H21N3O3S/c1-12(2)26-14-8-6-13(7-9-14)10-21-18(24)15-11-22-20-23(19(15)25)16-4-3-5-17(16)27-20/h6-9,11-12H,3-5,10H2,1-2H3,(H,21,24). The minimum absolute atomic E-state index is 0.0831. The van der Waals surface area contributed by atoms with Crippen molar-refractivity contribution in [2.75, 3.05) is 0 Å². The number of ether oxygens (including phenoxy) is 1. The van der Waals surface area contributed by atoms with E-state index in [1.807, 2.05) is 38.1 Å². The number of rotatable bonds is 5. The third-order valence-corrected chi connectivity index (χ3v) is 5.70. The maximum atomic E-state index is 12.8. The number of nitrogens with zero attached hydrogens (tertiary/aromatic N) is 2. The van der Waals surface area contributed by atoms with Crippen molar-refractivity contribution in [3.63, 3.8) is 0 Å². The summed E-state index contributed by atoms with van der Waals surface area (Å²) in [6.07, 6.45) is 4.41. The third-order valence-electron chi connectivity index (χ3n) is 4.55. The van der Waals surface area contributed by atoms with Crippen LogP contribution in [0.5, 0.6) is 5.75 Å². The highest BCUT2D eigenvalue weighted by atomic mass is 32.1. The Balaban J connectivity index is 1.50. The van der Waals surface area contributed by atoms with Crippen molar-refractivity contribution in [1.82, 2.24) is 14.7 Å². The second-order valence-corrected chi connectivity index (χ2v) is 7.98. The van der Waals surface area contributed by atoms with Crippen LogP contribution in [-0.4, -0.2) is 21.4 Å². The van der Waals surface area contributed by atoms with Crippen molar-refractivity contribution < 1.29 is 9.53 Å². The molecular weight excluding hydrogens is 362 g/mol. The molecule has 7 heteroatoms. The number of carbonyl (C=O) groups excluding carboxylic acids is 1. The highest BCUT2D eigenvalue weighted by molar-refractivity contribution is 7.17. The number of nitrogens with one attached hydrogen (secondary N) is 1. The molecule has 0 unspecified atom stereocenters. The van der Waals surface area contributed by atoms with Crippen LogP contribution < -0.4 is 15.6 Å². The number of thiazole rings is 1. The lowest BCUT2D eigenvalue weighted by Gasteiger charge is -2.10. The van der Waals surface area contributed by atoms with Gasteiger partial charge in [0, 0.05) is 23.3 Å². The van der Waals surface area contributed by atoms with Gasteiger partial charge in [0.1, 0.15) is 11.3 Å². The van der Waals surface area contributed by atoms with Crippen molar-refractivity contribution in [1.29, 1.82) is 0 Å². The summed E-state index contributed by atoms with van der Waals surface area (Å²) in [5.74, 6) is 0.390. The number of hydrogen-bond donors (Lipinski definition) is 1. The van der Waals surface area contributed by atoms with Gasteiger partial charge in [0.05, 0.1) is 6.10 Å². The number of benzene rings is 1. The Kier molecular flexibility index (Phi) is 4.70. The van der Waals surface area contributed by atoms with Crippen molar-refractivity contribution >= 4 is 22.2 Å². The first-order valence-electron chi connectivity index (χ1n) is 9.09. The monoisotopic (exact) mass is 383 g/mol. The molecule has 1 amide bonds. The van der Waals surface area contributed by atoms with E-state index < -0.39 is 5.91 Å². The summed E-state index contributed by atoms with van der Waals surface area (Å²) in [5.41, 5.74) is 1.75. The molecule has 0 saturated carbocycles. The lowest BCUT2D eigenvalue weighted by molar-refractivity contribution is 0.0949. The summed E-state index contributed by atoms with van der Waals surface area (Å²) >= 11 is 1.54. The fraction of sp³-hybridized carbons (Fsp3) is 0.350. The molecule has 140 valence electrons. The van der Waals surface area contributed by atoms with Crippen LogP contribution in [0.25, 0.3) is 4.96 Å². The number of hydrogen-bond acceptors (Lipinski definition) is 5. The lowest BCUT2D eigenvalue weighted by atomic mass is 10.2. The maximum absolute atomic E-state index is 12.8. The topological polar surface area (TPSA) is 72.7 Å². The Morgan fingerprint density at radius 1 is 1.30 bits per heavy atom. The minimum Gasteiger partial charge on any atom is -0.491 e. The van der Waals surface area contributed by atoms with Gasteiger partial charge in [0.2, 0.25) is 0 Å². The Labute approximate surface area is 160 Å². The molecule has 2 aromatic heterocycles. The molecule has 1 aromatic carbocycles. The number of fused-ring (bicyclic) bond motifs is 3. The molecule has 1 aliphatic carbocycles. The molecule has 3 aromatic rings. The van der Waals surface area contributed by atoms with Crippen LogP contribution in [0.2, 0.25) is 0 Å². The van der Waals surface area contributed by atoms with Gasteiger partial charge in [0.15, 0.2) is 4.96 Å². The van der Waals surface area contributed by atoms with Gasteiger partial charge in [-0.15, -0.1) is 11.3 Å². The molecule has 2 heterocycles. The van der Waals surface area contributed by atoms with E-state index in [-0.39, 0.29) is 17.2 Å². The zero-order valence-corrected chi connectivity index (χ0v) is 16.1. The summed E-state index contributed by atoms with van der Waals surface area (Å²) in [5, 5.41) is 2.81. The third kappa shape index (κ3) is 3.47. The Morgan fingerprint density at radius 2 is 2.07 bits per heavy atom. The molecule has 1 aliphatic rings. The molecule has 0 atom stereocenters. The van der Waals surface area contributed by atoms with Gasteiger partial charge in [-0.25, -0.2) is 4.98 Å². The van der Waals surface area contributed by atoms with Crippen molar-refractivity contribution in [3.8, 4) is 5.75 Å². The normalized spacial score (nSPS) is 13.1. The van der Waals surface area contributed by atoms with Gasteiger partial charge < -0.3 is 10.1 Å². The first-order chi connectivity index (χ1) is 13.0. The van der Waals surface area contributed by atoms with Crippen LogP contribution in [0, 0.1) is 0 Å². The highest BCUT2D eigenvalue weighted by Crippen LogP contribution is 2.28. The van der Waals surface area contributed by atoms with Crippen LogP contribution in [0.15, 0.2) is 35.3 Å². The van der Waals surface area contributed by atoms with Gasteiger partial charge in [-0.05, 0) is 50.8 Å². The summed E-state index contributed by atoms with van der Waals surface area (Å²) in [4.78, 5) is 31.5. The fourth-order valence-corrected chi connectivity index (χ4v) is 4.47. The van der Waals surface area contributed by atoms with E-state index in [0.717, 1.165) is 36.3 Å². The van der Waals surface area contributed by atoms with Crippen molar-refractivity contribution in [2.45, 2.75) is 45.8 Å². The molecule has 0 radical (unpaired) electrons. The molecular formula is C20H21N3O3S. The second-order valence-electron chi connectivity index (χ2n) is 6.91. The van der Waals surface area contributed by atoms with Crippen LogP contribution in [0.1, 0.15) is 46.8 Å². The number of amides is 1. The molecule has 0 spiro atoms. The van der Waals surface area contributed by atoms with E-state index in [0.29, 0.717) is 11.5 Å². The van der Waals surface area contributed by atoms with Gasteiger partial charge in [-0.1, -0.05) is 12.1 Å². The molecule has 27 heavy (non-hydrogen) atoms. The number of aromatic nitrogens is 2. The quantitative estimate of drug-likeness (QED) is 0.735. The summed E-state index contributed by atoms with van der Waals surface area (Å²) in [6, 6.07) is 7.55. The van der Waals surface area contributed by atoms with Crippen LogP contribution in [0.3, 0.4) is 0 Å². The van der Waals surface area contributed by atoms with Gasteiger partial charge in [-0.2, -0.15) is 0 Å². The zero-order valence-electron chi connectivity index (χ0n) is 15.3. The van der Waals surface area contributed by atoms with Crippen LogP contribution in [-0.2, 0) is 19.4 Å². The molecule has 0 bridgehead atoms. The average molecular weight is 383 g/mol. The molecule has 1 N–H and O–H groups in total. The lowest BCUT2D eigenvalue weighted by Crippen LogP contribution is -2.31. The average Bonchev–Trinajstić information content (AvgIpc) is 3.21. The largest absolute Gasteiger partial charge is 0.491 e. The van der Waals surface area contributed by atoms with E-state index in [9.17, 15) is 9.59 Å². The predicted molar refractivity (Wildman–Crippen MR) is 105 cm³/mol. The van der Waals surface area contributed by atoms with E-state index in [1.165, 1.54) is 11.1 Å². The van der Waals surface area contributed by atoms with E-state index >= 15 is 0 Å². The van der Waals surface area contributed by atoms with Crippen LogP contribution >= 0.6 is 11.3 Å². The fourth-order valence-electron chi connectivity index (χ4n) is 3.30. The van der Waals surface area contributed by atoms with Gasteiger partial charge >= 0.3 is 0 Å². The highest BCUT2D eigenvalue weighted by Gasteiger charge is 2.22. The Bertz CT molecular complexity index is 1050. The second kappa shape index (κ2) is 7.15. The Morgan fingerprint density at radius 3 is 2.81 bits per heavy atom. The van der Waals surface area contributed by atoms with Crippen molar-refractivity contribution in [3.05, 3.63) is 62.5 Å². The summed E-state index contributed by atoms with van der Waals surface area (Å²) in [6.45, 7) is 4.28. The Hall–Kier alpha value is -2.67. The molecule has 6 nitrogen and oxygen atoms in total. The van der Waals surface area contributed by atoms with E-state index in [1.54, 1.807) is 15.7 Å². The summed E-state index contributed by atoms with van der Waals surface area (Å²) < 4.78 is 7.22. The molecule has 0 fully saturated rings. The smallest absolute Gasteiger partial charge is 0.271 e. The first kappa shape index (κ1) is 17.7. The van der Waals surface area contributed by atoms with Gasteiger partial charge in [0.25, 0.3) is 11.5 Å². The minimum atomic E-state index is -0.401. The van der Waals surface area contributed by atoms with E-state index in [4.69, 9.17) is 4.74 Å². The molecule has 0 saturated heterocycles. The zero-order chi connectivity index (χ0) is 19.0. The maximum Gasteiger partial charge on any atom is 0.271 e. The van der Waals surface area contributed by atoms with E-state index in [2.05, 4.69) is 10.3 Å². The van der Waals surface area contributed by atoms with Crippen LogP contribution in [0.4, 0.5) is 0 Å².